The third-order valence-corrected chi connectivity index (χ3v) is 5.22. The maximum atomic E-state index is 12.2. The summed E-state index contributed by atoms with van der Waals surface area (Å²) in [7, 11) is 0. The fraction of sp³-hybridized carbons (Fsp3) is 0.882. The highest BCUT2D eigenvalue weighted by molar-refractivity contribution is 5.81. The van der Waals surface area contributed by atoms with Gasteiger partial charge in [-0.15, -0.1) is 0 Å². The summed E-state index contributed by atoms with van der Waals surface area (Å²) >= 11 is 0. The predicted molar refractivity (Wildman–Crippen MR) is 86.9 cm³/mol. The molecule has 0 spiro atoms. The SMILES string of the molecule is O=C(NCCN1CCOCC1)C1CCC(C(=O)NC2CC2)CC1. The number of carbonyl (C=O) groups excluding carboxylic acids is 2. The third kappa shape index (κ3) is 5.18. The van der Waals surface area contributed by atoms with Crippen LogP contribution in [0.3, 0.4) is 0 Å². The molecule has 3 rings (SSSR count). The first-order valence-electron chi connectivity index (χ1n) is 9.10. The van der Waals surface area contributed by atoms with Gasteiger partial charge in [0.15, 0.2) is 0 Å². The molecule has 2 amide bonds. The van der Waals surface area contributed by atoms with Crippen LogP contribution in [0.5, 0.6) is 0 Å². The largest absolute Gasteiger partial charge is 0.379 e. The lowest BCUT2D eigenvalue weighted by molar-refractivity contribution is -0.130. The summed E-state index contributed by atoms with van der Waals surface area (Å²) in [6, 6.07) is 0.434. The second-order valence-electron chi connectivity index (χ2n) is 7.08. The molecular weight excluding hydrogens is 294 g/mol. The Morgan fingerprint density at radius 3 is 2.13 bits per heavy atom. The van der Waals surface area contributed by atoms with Gasteiger partial charge < -0.3 is 15.4 Å². The zero-order valence-electron chi connectivity index (χ0n) is 13.9. The first-order valence-corrected chi connectivity index (χ1v) is 9.10. The van der Waals surface area contributed by atoms with Crippen LogP contribution in [0, 0.1) is 11.8 Å². The van der Waals surface area contributed by atoms with E-state index < -0.39 is 0 Å². The number of amides is 2. The molecule has 0 atom stereocenters. The summed E-state index contributed by atoms with van der Waals surface area (Å²) in [4.78, 5) is 26.6. The van der Waals surface area contributed by atoms with Crippen molar-refractivity contribution in [2.24, 2.45) is 11.8 Å². The summed E-state index contributed by atoms with van der Waals surface area (Å²) in [5.41, 5.74) is 0. The van der Waals surface area contributed by atoms with Gasteiger partial charge in [-0.25, -0.2) is 0 Å². The maximum absolute atomic E-state index is 12.2. The minimum absolute atomic E-state index is 0.0877. The van der Waals surface area contributed by atoms with Crippen molar-refractivity contribution in [2.75, 3.05) is 39.4 Å². The highest BCUT2D eigenvalue weighted by Crippen LogP contribution is 2.30. The summed E-state index contributed by atoms with van der Waals surface area (Å²) in [5.74, 6) is 0.579. The van der Waals surface area contributed by atoms with Crippen molar-refractivity contribution in [2.45, 2.75) is 44.6 Å². The topological polar surface area (TPSA) is 70.7 Å². The van der Waals surface area contributed by atoms with E-state index in [1.165, 1.54) is 0 Å². The first-order chi connectivity index (χ1) is 11.2. The van der Waals surface area contributed by atoms with Crippen molar-refractivity contribution < 1.29 is 14.3 Å². The van der Waals surface area contributed by atoms with Crippen molar-refractivity contribution in [3.8, 4) is 0 Å². The lowest BCUT2D eigenvalue weighted by Gasteiger charge is -2.28. The Morgan fingerprint density at radius 1 is 0.913 bits per heavy atom. The van der Waals surface area contributed by atoms with Crippen LogP contribution in [0.1, 0.15) is 38.5 Å². The van der Waals surface area contributed by atoms with E-state index in [0.717, 1.165) is 71.4 Å². The molecule has 6 nitrogen and oxygen atoms in total. The molecule has 2 N–H and O–H groups in total. The van der Waals surface area contributed by atoms with E-state index in [2.05, 4.69) is 15.5 Å². The van der Waals surface area contributed by atoms with Gasteiger partial charge in [-0.3, -0.25) is 14.5 Å². The summed E-state index contributed by atoms with van der Waals surface area (Å²) in [5, 5.41) is 6.15. The third-order valence-electron chi connectivity index (χ3n) is 5.22. The molecule has 2 aliphatic carbocycles. The Kier molecular flexibility index (Phi) is 5.89. The van der Waals surface area contributed by atoms with E-state index >= 15 is 0 Å². The maximum Gasteiger partial charge on any atom is 0.223 e. The minimum atomic E-state index is 0.0877. The predicted octanol–water partition coefficient (Wildman–Crippen LogP) is 0.520. The van der Waals surface area contributed by atoms with Crippen molar-refractivity contribution in [1.29, 1.82) is 0 Å². The van der Waals surface area contributed by atoms with Gasteiger partial charge in [-0.1, -0.05) is 0 Å². The number of hydrogen-bond donors (Lipinski definition) is 2. The van der Waals surface area contributed by atoms with Crippen molar-refractivity contribution in [1.82, 2.24) is 15.5 Å². The molecule has 1 aliphatic heterocycles. The van der Waals surface area contributed by atoms with Gasteiger partial charge in [0.25, 0.3) is 0 Å². The fourth-order valence-electron chi connectivity index (χ4n) is 3.47. The molecule has 0 unspecified atom stereocenters. The molecule has 0 radical (unpaired) electrons. The lowest BCUT2D eigenvalue weighted by atomic mass is 9.81. The molecule has 3 aliphatic rings. The molecule has 0 aromatic rings. The molecule has 1 heterocycles. The second-order valence-corrected chi connectivity index (χ2v) is 7.08. The Hall–Kier alpha value is -1.14. The molecule has 130 valence electrons. The summed E-state index contributed by atoms with van der Waals surface area (Å²) in [6.07, 6.45) is 5.64. The van der Waals surface area contributed by atoms with E-state index in [9.17, 15) is 9.59 Å². The van der Waals surface area contributed by atoms with Crippen LogP contribution < -0.4 is 10.6 Å². The molecule has 6 heteroatoms. The van der Waals surface area contributed by atoms with Gasteiger partial charge in [0.2, 0.25) is 11.8 Å². The first kappa shape index (κ1) is 16.7. The second kappa shape index (κ2) is 8.11. The van der Waals surface area contributed by atoms with Gasteiger partial charge in [-0.2, -0.15) is 0 Å². The van der Waals surface area contributed by atoms with E-state index in [0.29, 0.717) is 12.6 Å². The number of nitrogens with one attached hydrogen (secondary N) is 2. The van der Waals surface area contributed by atoms with Crippen LogP contribution in [0.2, 0.25) is 0 Å². The van der Waals surface area contributed by atoms with Crippen LogP contribution in [-0.2, 0) is 14.3 Å². The fourth-order valence-corrected chi connectivity index (χ4v) is 3.47. The van der Waals surface area contributed by atoms with Crippen LogP contribution in [0.25, 0.3) is 0 Å². The molecule has 0 aromatic heterocycles. The Bertz CT molecular complexity index is 411. The summed E-state index contributed by atoms with van der Waals surface area (Å²) < 4.78 is 5.32. The zero-order chi connectivity index (χ0) is 16.1. The van der Waals surface area contributed by atoms with Crippen LogP contribution >= 0.6 is 0 Å². The van der Waals surface area contributed by atoms with Crippen molar-refractivity contribution in [3.63, 3.8) is 0 Å². The molecule has 2 saturated carbocycles. The molecule has 0 aromatic carbocycles. The van der Waals surface area contributed by atoms with Gasteiger partial charge in [0.1, 0.15) is 0 Å². The number of morpholine rings is 1. The Labute approximate surface area is 138 Å². The van der Waals surface area contributed by atoms with E-state index in [1.807, 2.05) is 0 Å². The highest BCUT2D eigenvalue weighted by atomic mass is 16.5. The molecule has 23 heavy (non-hydrogen) atoms. The Balaban J connectivity index is 1.30. The zero-order valence-corrected chi connectivity index (χ0v) is 13.9. The number of nitrogens with zero attached hydrogens (tertiary/aromatic N) is 1. The van der Waals surface area contributed by atoms with Crippen LogP contribution in [-0.4, -0.2) is 62.1 Å². The van der Waals surface area contributed by atoms with Crippen molar-refractivity contribution in [3.05, 3.63) is 0 Å². The molecule has 1 saturated heterocycles. The average Bonchev–Trinajstić information content (AvgIpc) is 3.40. The van der Waals surface area contributed by atoms with Crippen LogP contribution in [0.4, 0.5) is 0 Å². The standard InChI is InChI=1S/C17H29N3O3/c21-16(18-7-8-20-9-11-23-12-10-20)13-1-3-14(4-2-13)17(22)19-15-5-6-15/h13-15H,1-12H2,(H,18,21)(H,19,22). The van der Waals surface area contributed by atoms with Crippen LogP contribution in [0.15, 0.2) is 0 Å². The van der Waals surface area contributed by atoms with E-state index in [1.54, 1.807) is 0 Å². The molecule has 0 bridgehead atoms. The smallest absolute Gasteiger partial charge is 0.223 e. The minimum Gasteiger partial charge on any atom is -0.379 e. The van der Waals surface area contributed by atoms with Gasteiger partial charge >= 0.3 is 0 Å². The van der Waals surface area contributed by atoms with E-state index in [4.69, 9.17) is 4.74 Å². The number of hydrogen-bond acceptors (Lipinski definition) is 4. The van der Waals surface area contributed by atoms with Gasteiger partial charge in [0.05, 0.1) is 13.2 Å². The normalized spacial score (nSPS) is 29.0. The average molecular weight is 323 g/mol. The number of ether oxygens (including phenoxy) is 1. The van der Waals surface area contributed by atoms with Gasteiger partial charge in [-0.05, 0) is 38.5 Å². The van der Waals surface area contributed by atoms with E-state index in [-0.39, 0.29) is 23.7 Å². The monoisotopic (exact) mass is 323 g/mol. The molecule has 3 fully saturated rings. The lowest BCUT2D eigenvalue weighted by Crippen LogP contribution is -2.43. The quantitative estimate of drug-likeness (QED) is 0.748. The number of carbonyl (C=O) groups is 2. The van der Waals surface area contributed by atoms with Crippen molar-refractivity contribution >= 4 is 11.8 Å². The molecular formula is C17H29N3O3. The Morgan fingerprint density at radius 2 is 1.52 bits per heavy atom. The number of rotatable bonds is 6. The summed E-state index contributed by atoms with van der Waals surface area (Å²) in [6.45, 7) is 5.10. The van der Waals surface area contributed by atoms with Gasteiger partial charge in [0, 0.05) is 44.1 Å². The highest BCUT2D eigenvalue weighted by Gasteiger charge is 2.32.